The average molecular weight is 141 g/mol. The lowest BCUT2D eigenvalue weighted by molar-refractivity contribution is -0.547. The Kier molecular flexibility index (Phi) is 1.63. The number of aromatic nitrogens is 3. The molecule has 1 aromatic heterocycles. The molecule has 6 N–H and O–H groups in total. The van der Waals surface area contributed by atoms with E-state index in [9.17, 15) is 0 Å². The van der Waals surface area contributed by atoms with Gasteiger partial charge in [0.15, 0.2) is 0 Å². The first kappa shape index (κ1) is 6.69. The van der Waals surface area contributed by atoms with Crippen LogP contribution in [-0.4, -0.2) is 22.0 Å². The predicted molar refractivity (Wildman–Crippen MR) is 36.2 cm³/mol. The highest BCUT2D eigenvalue weighted by molar-refractivity contribution is 5.29. The minimum Gasteiger partial charge on any atom is -0.367 e. The monoisotopic (exact) mass is 141 g/mol. The second-order valence-corrected chi connectivity index (χ2v) is 1.70. The second-order valence-electron chi connectivity index (χ2n) is 1.70. The minimum atomic E-state index is 0.153. The first-order valence-corrected chi connectivity index (χ1v) is 2.79. The summed E-state index contributed by atoms with van der Waals surface area (Å²) in [7, 11) is 1.80. The predicted octanol–water partition coefficient (Wildman–Crippen LogP) is -2.14. The van der Waals surface area contributed by atoms with Crippen LogP contribution in [0.4, 0.5) is 17.8 Å². The van der Waals surface area contributed by atoms with E-state index in [-0.39, 0.29) is 11.9 Å². The third-order valence-corrected chi connectivity index (χ3v) is 0.945. The van der Waals surface area contributed by atoms with Crippen molar-refractivity contribution in [1.29, 1.82) is 0 Å². The molecule has 0 atom stereocenters. The Hall–Kier alpha value is -1.43. The number of anilines is 2. The number of hydrogen-bond acceptors (Lipinski definition) is 5. The molecule has 0 fully saturated rings. The molecule has 0 spiro atoms. The van der Waals surface area contributed by atoms with Crippen molar-refractivity contribution in [3.05, 3.63) is 0 Å². The lowest BCUT2D eigenvalue weighted by atomic mass is 10.8. The summed E-state index contributed by atoms with van der Waals surface area (Å²) in [5.74, 6) is 0.811. The van der Waals surface area contributed by atoms with E-state index >= 15 is 0 Å². The van der Waals surface area contributed by atoms with Crippen molar-refractivity contribution in [2.24, 2.45) is 0 Å². The van der Waals surface area contributed by atoms with Crippen molar-refractivity contribution >= 4 is 17.8 Å². The molecule has 10 heavy (non-hydrogen) atoms. The smallest absolute Gasteiger partial charge is 0.331 e. The Morgan fingerprint density at radius 3 is 2.00 bits per heavy atom. The molecule has 0 unspecified atom stereocenters. The van der Waals surface area contributed by atoms with Crippen LogP contribution in [0.15, 0.2) is 0 Å². The maximum atomic E-state index is 5.27. The normalized spacial score (nSPS) is 9.70. The molecule has 0 aliphatic rings. The first-order valence-electron chi connectivity index (χ1n) is 2.79. The number of nitrogens with zero attached hydrogens (tertiary/aromatic N) is 3. The third kappa shape index (κ3) is 1.29. The zero-order valence-electron chi connectivity index (χ0n) is 5.57. The van der Waals surface area contributed by atoms with Gasteiger partial charge < -0.3 is 11.5 Å². The number of nitrogen functional groups attached to an aromatic ring is 2. The van der Waals surface area contributed by atoms with Crippen molar-refractivity contribution in [3.63, 3.8) is 0 Å². The standard InChI is InChI=1S/C4H8N6/c1-7-4-9-2(5)8-3(6)10-4/h1H3,(H5,5,6,7,8,9,10)/p+1. The fourth-order valence-electron chi connectivity index (χ4n) is 0.556. The summed E-state index contributed by atoms with van der Waals surface area (Å²) in [6.45, 7) is 0. The summed E-state index contributed by atoms with van der Waals surface area (Å²) < 4.78 is 0. The van der Waals surface area contributed by atoms with Gasteiger partial charge in [-0.15, -0.1) is 9.97 Å². The van der Waals surface area contributed by atoms with Gasteiger partial charge in [0.05, 0.1) is 7.05 Å². The van der Waals surface area contributed by atoms with E-state index in [4.69, 9.17) is 11.5 Å². The van der Waals surface area contributed by atoms with Crippen LogP contribution < -0.4 is 16.8 Å². The van der Waals surface area contributed by atoms with Crippen molar-refractivity contribution in [2.75, 3.05) is 18.5 Å². The van der Waals surface area contributed by atoms with Gasteiger partial charge in [-0.05, 0) is 0 Å². The van der Waals surface area contributed by atoms with Crippen LogP contribution in [0.5, 0.6) is 0 Å². The molecule has 1 aromatic rings. The van der Waals surface area contributed by atoms with E-state index in [0.29, 0.717) is 5.95 Å². The first-order chi connectivity index (χ1) is 4.72. The van der Waals surface area contributed by atoms with Crippen LogP contribution in [0.1, 0.15) is 0 Å². The molecule has 0 radical (unpaired) electrons. The van der Waals surface area contributed by atoms with Crippen LogP contribution >= 0.6 is 0 Å². The molecule has 0 saturated carbocycles. The molecular weight excluding hydrogens is 132 g/mol. The zero-order valence-corrected chi connectivity index (χ0v) is 5.57. The summed E-state index contributed by atoms with van der Waals surface area (Å²) in [6, 6.07) is 0. The van der Waals surface area contributed by atoms with Crippen LogP contribution in [0, 0.1) is 0 Å². The van der Waals surface area contributed by atoms with Gasteiger partial charge in [0.2, 0.25) is 11.9 Å². The van der Waals surface area contributed by atoms with E-state index in [1.165, 1.54) is 0 Å². The molecule has 0 bridgehead atoms. The van der Waals surface area contributed by atoms with E-state index in [2.05, 4.69) is 15.0 Å². The Balaban J connectivity index is 3.06. The fourth-order valence-corrected chi connectivity index (χ4v) is 0.556. The fraction of sp³-hybridized carbons (Fsp3) is 0.250. The summed E-state index contributed by atoms with van der Waals surface area (Å²) in [4.78, 5) is 11.1. The van der Waals surface area contributed by atoms with Crippen molar-refractivity contribution in [3.8, 4) is 0 Å². The molecule has 0 aliphatic carbocycles. The summed E-state index contributed by atoms with van der Waals surface area (Å²) in [6.07, 6.45) is 0. The minimum absolute atomic E-state index is 0.153. The molecule has 0 saturated heterocycles. The van der Waals surface area contributed by atoms with Gasteiger partial charge in [-0.25, -0.2) is 0 Å². The zero-order chi connectivity index (χ0) is 7.56. The van der Waals surface area contributed by atoms with Gasteiger partial charge in [0, 0.05) is 0 Å². The maximum Gasteiger partial charge on any atom is 0.331 e. The van der Waals surface area contributed by atoms with Gasteiger partial charge in [0.25, 0.3) is 0 Å². The van der Waals surface area contributed by atoms with Gasteiger partial charge in [-0.1, -0.05) is 0 Å². The van der Waals surface area contributed by atoms with E-state index in [0.717, 1.165) is 0 Å². The van der Waals surface area contributed by atoms with Crippen molar-refractivity contribution < 1.29 is 5.32 Å². The number of quaternary nitrogens is 1. The quantitative estimate of drug-likeness (QED) is 0.413. The van der Waals surface area contributed by atoms with Crippen LogP contribution in [0.3, 0.4) is 0 Å². The number of nitrogens with two attached hydrogens (primary N) is 3. The molecule has 0 aliphatic heterocycles. The summed E-state index contributed by atoms with van der Waals surface area (Å²) >= 11 is 0. The van der Waals surface area contributed by atoms with E-state index in [1.54, 1.807) is 12.4 Å². The van der Waals surface area contributed by atoms with Crippen LogP contribution in [0.2, 0.25) is 0 Å². The number of hydrogen-bond donors (Lipinski definition) is 3. The Labute approximate surface area is 57.7 Å². The highest BCUT2D eigenvalue weighted by Crippen LogP contribution is 1.96. The van der Waals surface area contributed by atoms with Gasteiger partial charge >= 0.3 is 5.95 Å². The lowest BCUT2D eigenvalue weighted by Crippen LogP contribution is -2.74. The van der Waals surface area contributed by atoms with Gasteiger partial charge in [-0.3, -0.25) is 5.32 Å². The Morgan fingerprint density at radius 1 is 1.10 bits per heavy atom. The maximum absolute atomic E-state index is 5.27. The molecule has 1 rings (SSSR count). The average Bonchev–Trinajstić information content (AvgIpc) is 1.85. The summed E-state index contributed by atoms with van der Waals surface area (Å²) in [5.41, 5.74) is 10.5. The molecule has 6 heteroatoms. The van der Waals surface area contributed by atoms with E-state index < -0.39 is 0 Å². The molecule has 0 amide bonds. The van der Waals surface area contributed by atoms with Crippen LogP contribution in [0.25, 0.3) is 0 Å². The van der Waals surface area contributed by atoms with Gasteiger partial charge in [-0.2, -0.15) is 4.98 Å². The number of rotatable bonds is 1. The lowest BCUT2D eigenvalue weighted by Gasteiger charge is -1.94. The van der Waals surface area contributed by atoms with E-state index in [1.807, 2.05) is 0 Å². The SMILES string of the molecule is C[NH2+]c1nc(N)nc(N)n1. The highest BCUT2D eigenvalue weighted by Gasteiger charge is 2.00. The Morgan fingerprint density at radius 2 is 1.60 bits per heavy atom. The third-order valence-electron chi connectivity index (χ3n) is 0.945. The second kappa shape index (κ2) is 2.44. The van der Waals surface area contributed by atoms with Crippen molar-refractivity contribution in [2.45, 2.75) is 0 Å². The van der Waals surface area contributed by atoms with Gasteiger partial charge in [0.1, 0.15) is 0 Å². The Bertz CT molecular complexity index is 213. The highest BCUT2D eigenvalue weighted by atomic mass is 15.2. The van der Waals surface area contributed by atoms with Crippen molar-refractivity contribution in [1.82, 2.24) is 15.0 Å². The molecule has 6 nitrogen and oxygen atoms in total. The molecule has 54 valence electrons. The molecular formula is C4H9N6+. The summed E-state index contributed by atoms with van der Waals surface area (Å²) in [5, 5.41) is 1.70. The molecule has 1 heterocycles. The topological polar surface area (TPSA) is 107 Å². The largest absolute Gasteiger partial charge is 0.367 e. The van der Waals surface area contributed by atoms with Crippen LogP contribution in [-0.2, 0) is 0 Å². The molecule has 0 aromatic carbocycles.